The normalized spacial score (nSPS) is 11.6. The Labute approximate surface area is 114 Å². The van der Waals surface area contributed by atoms with Gasteiger partial charge in [0.25, 0.3) is 0 Å². The van der Waals surface area contributed by atoms with E-state index in [9.17, 15) is 4.79 Å². The first kappa shape index (κ1) is 15.2. The van der Waals surface area contributed by atoms with Crippen molar-refractivity contribution in [3.05, 3.63) is 35.9 Å². The number of ether oxygens (including phenoxy) is 1. The van der Waals surface area contributed by atoms with Crippen LogP contribution in [0.25, 0.3) is 0 Å². The van der Waals surface area contributed by atoms with Gasteiger partial charge in [-0.2, -0.15) is 5.26 Å². The van der Waals surface area contributed by atoms with Crippen molar-refractivity contribution in [2.75, 3.05) is 26.8 Å². The fourth-order valence-electron chi connectivity index (χ4n) is 1.88. The summed E-state index contributed by atoms with van der Waals surface area (Å²) in [4.78, 5) is 14.1. The SMILES string of the molecule is COCCN(CCC#N)C(=O)C(C)c1ccccc1. The minimum absolute atomic E-state index is 0.0403. The summed E-state index contributed by atoms with van der Waals surface area (Å²) in [6, 6.07) is 11.7. The van der Waals surface area contributed by atoms with Crippen LogP contribution in [0.1, 0.15) is 24.8 Å². The number of benzene rings is 1. The van der Waals surface area contributed by atoms with Gasteiger partial charge in [-0.25, -0.2) is 0 Å². The second kappa shape index (κ2) is 8.28. The van der Waals surface area contributed by atoms with Gasteiger partial charge in [-0.15, -0.1) is 0 Å². The maximum atomic E-state index is 12.4. The Kier molecular flexibility index (Phi) is 6.62. The number of nitrogens with zero attached hydrogens (tertiary/aromatic N) is 2. The third-order valence-electron chi connectivity index (χ3n) is 3.04. The smallest absolute Gasteiger partial charge is 0.229 e. The monoisotopic (exact) mass is 260 g/mol. The summed E-state index contributed by atoms with van der Waals surface area (Å²) in [5.41, 5.74) is 0.992. The predicted molar refractivity (Wildman–Crippen MR) is 73.5 cm³/mol. The maximum Gasteiger partial charge on any atom is 0.229 e. The van der Waals surface area contributed by atoms with Crippen molar-refractivity contribution in [2.24, 2.45) is 0 Å². The van der Waals surface area contributed by atoms with Crippen LogP contribution in [-0.2, 0) is 9.53 Å². The van der Waals surface area contributed by atoms with Crippen LogP contribution in [-0.4, -0.2) is 37.6 Å². The predicted octanol–water partition coefficient (Wildman–Crippen LogP) is 2.18. The summed E-state index contributed by atoms with van der Waals surface area (Å²) in [6.07, 6.45) is 0.344. The molecule has 0 saturated heterocycles. The third-order valence-corrected chi connectivity index (χ3v) is 3.04. The average Bonchev–Trinajstić information content (AvgIpc) is 2.47. The zero-order valence-corrected chi connectivity index (χ0v) is 11.5. The Morgan fingerprint density at radius 2 is 2.05 bits per heavy atom. The van der Waals surface area contributed by atoms with Crippen LogP contribution >= 0.6 is 0 Å². The molecule has 0 heterocycles. The molecule has 1 atom stereocenters. The summed E-state index contributed by atoms with van der Waals surface area (Å²) in [5.74, 6) is -0.157. The molecular formula is C15H20N2O2. The first-order chi connectivity index (χ1) is 9.20. The molecular weight excluding hydrogens is 240 g/mol. The third kappa shape index (κ3) is 4.72. The fourth-order valence-corrected chi connectivity index (χ4v) is 1.88. The van der Waals surface area contributed by atoms with Crippen molar-refractivity contribution in [1.29, 1.82) is 5.26 Å². The molecule has 19 heavy (non-hydrogen) atoms. The molecule has 1 amide bonds. The van der Waals surface area contributed by atoms with Crippen LogP contribution in [0.2, 0.25) is 0 Å². The summed E-state index contributed by atoms with van der Waals surface area (Å²) in [7, 11) is 1.60. The first-order valence-electron chi connectivity index (χ1n) is 6.40. The van der Waals surface area contributed by atoms with Crippen molar-refractivity contribution in [2.45, 2.75) is 19.3 Å². The molecule has 1 aromatic carbocycles. The Morgan fingerprint density at radius 1 is 1.37 bits per heavy atom. The Bertz CT molecular complexity index is 426. The highest BCUT2D eigenvalue weighted by atomic mass is 16.5. The summed E-state index contributed by atoms with van der Waals surface area (Å²) in [6.45, 7) is 3.35. The van der Waals surface area contributed by atoms with E-state index in [1.54, 1.807) is 12.0 Å². The van der Waals surface area contributed by atoms with E-state index in [1.807, 2.05) is 37.3 Å². The second-order valence-electron chi connectivity index (χ2n) is 4.36. The van der Waals surface area contributed by atoms with E-state index in [0.717, 1.165) is 5.56 Å². The molecule has 0 aromatic heterocycles. The van der Waals surface area contributed by atoms with Gasteiger partial charge >= 0.3 is 0 Å². The molecule has 1 aromatic rings. The Balaban J connectivity index is 2.72. The van der Waals surface area contributed by atoms with Crippen LogP contribution in [0.5, 0.6) is 0 Å². The zero-order valence-electron chi connectivity index (χ0n) is 11.5. The van der Waals surface area contributed by atoms with Gasteiger partial charge in [-0.05, 0) is 12.5 Å². The van der Waals surface area contributed by atoms with Gasteiger partial charge in [0.15, 0.2) is 0 Å². The average molecular weight is 260 g/mol. The van der Waals surface area contributed by atoms with Crippen LogP contribution < -0.4 is 0 Å². The lowest BCUT2D eigenvalue weighted by molar-refractivity contribution is -0.133. The summed E-state index contributed by atoms with van der Waals surface area (Å²) in [5, 5.41) is 8.66. The number of amides is 1. The number of hydrogen-bond donors (Lipinski definition) is 0. The van der Waals surface area contributed by atoms with Gasteiger partial charge < -0.3 is 9.64 Å². The Morgan fingerprint density at radius 3 is 2.63 bits per heavy atom. The molecule has 0 N–H and O–H groups in total. The van der Waals surface area contributed by atoms with Crippen molar-refractivity contribution in [3.63, 3.8) is 0 Å². The van der Waals surface area contributed by atoms with Crippen molar-refractivity contribution >= 4 is 5.91 Å². The topological polar surface area (TPSA) is 53.3 Å². The molecule has 0 fully saturated rings. The molecule has 1 rings (SSSR count). The fraction of sp³-hybridized carbons (Fsp3) is 0.467. The van der Waals surface area contributed by atoms with Crippen LogP contribution in [0.3, 0.4) is 0 Å². The zero-order chi connectivity index (χ0) is 14.1. The minimum Gasteiger partial charge on any atom is -0.383 e. The van der Waals surface area contributed by atoms with E-state index in [4.69, 9.17) is 10.00 Å². The van der Waals surface area contributed by atoms with E-state index < -0.39 is 0 Å². The molecule has 4 nitrogen and oxygen atoms in total. The second-order valence-corrected chi connectivity index (χ2v) is 4.36. The van der Waals surface area contributed by atoms with E-state index in [1.165, 1.54) is 0 Å². The number of hydrogen-bond acceptors (Lipinski definition) is 3. The Hall–Kier alpha value is -1.86. The van der Waals surface area contributed by atoms with Crippen LogP contribution in [0, 0.1) is 11.3 Å². The molecule has 0 aliphatic carbocycles. The highest BCUT2D eigenvalue weighted by Crippen LogP contribution is 2.17. The van der Waals surface area contributed by atoms with Gasteiger partial charge in [-0.3, -0.25) is 4.79 Å². The standard InChI is InChI=1S/C15H20N2O2/c1-13(14-7-4-3-5-8-14)15(18)17(10-6-9-16)11-12-19-2/h3-5,7-8,13H,6,10-12H2,1-2H3. The molecule has 0 radical (unpaired) electrons. The number of rotatable bonds is 7. The molecule has 0 spiro atoms. The number of methoxy groups -OCH3 is 1. The first-order valence-corrected chi connectivity index (χ1v) is 6.40. The van der Waals surface area contributed by atoms with E-state index in [2.05, 4.69) is 6.07 Å². The maximum absolute atomic E-state index is 12.4. The van der Waals surface area contributed by atoms with E-state index >= 15 is 0 Å². The van der Waals surface area contributed by atoms with Gasteiger partial charge in [0.2, 0.25) is 5.91 Å². The molecule has 0 aliphatic rings. The van der Waals surface area contributed by atoms with Crippen molar-refractivity contribution < 1.29 is 9.53 Å². The van der Waals surface area contributed by atoms with Gasteiger partial charge in [-0.1, -0.05) is 30.3 Å². The van der Waals surface area contributed by atoms with Crippen molar-refractivity contribution in [1.82, 2.24) is 4.90 Å². The van der Waals surface area contributed by atoms with E-state index in [0.29, 0.717) is 26.1 Å². The molecule has 1 unspecified atom stereocenters. The number of nitriles is 1. The largest absolute Gasteiger partial charge is 0.383 e. The molecule has 0 bridgehead atoms. The van der Waals surface area contributed by atoms with Crippen LogP contribution in [0.4, 0.5) is 0 Å². The number of carbonyl (C=O) groups excluding carboxylic acids is 1. The molecule has 102 valence electrons. The summed E-state index contributed by atoms with van der Waals surface area (Å²) >= 11 is 0. The van der Waals surface area contributed by atoms with Gasteiger partial charge in [0.1, 0.15) is 0 Å². The van der Waals surface area contributed by atoms with Gasteiger partial charge in [0, 0.05) is 20.2 Å². The lowest BCUT2D eigenvalue weighted by Gasteiger charge is -2.25. The number of carbonyl (C=O) groups is 1. The van der Waals surface area contributed by atoms with Gasteiger partial charge in [0.05, 0.1) is 25.0 Å². The van der Waals surface area contributed by atoms with Crippen LogP contribution in [0.15, 0.2) is 30.3 Å². The summed E-state index contributed by atoms with van der Waals surface area (Å²) < 4.78 is 5.01. The lowest BCUT2D eigenvalue weighted by Crippen LogP contribution is -2.37. The quantitative estimate of drug-likeness (QED) is 0.755. The highest BCUT2D eigenvalue weighted by molar-refractivity contribution is 5.83. The molecule has 0 saturated carbocycles. The lowest BCUT2D eigenvalue weighted by atomic mass is 10.00. The molecule has 0 aliphatic heterocycles. The molecule has 4 heteroatoms. The van der Waals surface area contributed by atoms with E-state index in [-0.39, 0.29) is 11.8 Å². The highest BCUT2D eigenvalue weighted by Gasteiger charge is 2.21. The minimum atomic E-state index is -0.197. The van der Waals surface area contributed by atoms with Crippen molar-refractivity contribution in [3.8, 4) is 6.07 Å².